The lowest BCUT2D eigenvalue weighted by molar-refractivity contribution is 0.0913. The maximum Gasteiger partial charge on any atom is 0.252 e. The molecule has 1 aromatic heterocycles. The molecule has 1 unspecified atom stereocenters. The number of nitrogens with zero attached hydrogens (tertiary/aromatic N) is 2. The first-order valence-electron chi connectivity index (χ1n) is 8.41. The van der Waals surface area contributed by atoms with Crippen molar-refractivity contribution in [3.8, 4) is 11.4 Å². The zero-order valence-electron chi connectivity index (χ0n) is 14.9. The summed E-state index contributed by atoms with van der Waals surface area (Å²) in [4.78, 5) is 16.9. The van der Waals surface area contributed by atoms with Crippen LogP contribution in [0, 0.1) is 18.7 Å². The topological polar surface area (TPSA) is 68.0 Å². The Morgan fingerprint density at radius 2 is 1.88 bits per heavy atom. The summed E-state index contributed by atoms with van der Waals surface area (Å²) in [5.74, 6) is -0.0544. The second kappa shape index (κ2) is 7.47. The van der Waals surface area contributed by atoms with E-state index in [9.17, 15) is 9.18 Å². The van der Waals surface area contributed by atoms with E-state index in [1.54, 1.807) is 6.07 Å². The van der Waals surface area contributed by atoms with Crippen LogP contribution < -0.4 is 5.32 Å². The number of carbonyl (C=O) groups excluding carboxylic acids is 1. The Kier molecular flexibility index (Phi) is 5.11. The van der Waals surface area contributed by atoms with E-state index >= 15 is 0 Å². The fourth-order valence-corrected chi connectivity index (χ4v) is 2.55. The Bertz CT molecular complexity index is 903. The fraction of sp³-hybridized carbons (Fsp3) is 0.250. The van der Waals surface area contributed by atoms with Gasteiger partial charge in [0.1, 0.15) is 11.9 Å². The molecule has 3 rings (SSSR count). The number of hydrogen-bond donors (Lipinski definition) is 1. The highest BCUT2D eigenvalue weighted by molar-refractivity contribution is 5.94. The lowest BCUT2D eigenvalue weighted by Gasteiger charge is -2.18. The maximum atomic E-state index is 13.3. The SMILES string of the molecule is Cc1ccc(-c2noc(C(NC(=O)c3cccc(F)c3)C(C)C)n2)cc1. The monoisotopic (exact) mass is 353 g/mol. The molecule has 0 saturated heterocycles. The average Bonchev–Trinajstić information content (AvgIpc) is 3.09. The standard InChI is InChI=1S/C20H20FN3O2/c1-12(2)17(22-19(25)15-5-4-6-16(21)11-15)20-23-18(24-26-20)14-9-7-13(3)8-10-14/h4-12,17H,1-3H3,(H,22,25). The molecule has 0 spiro atoms. The molecule has 26 heavy (non-hydrogen) atoms. The van der Waals surface area contributed by atoms with Crippen LogP contribution in [-0.2, 0) is 0 Å². The predicted octanol–water partition coefficient (Wildman–Crippen LogP) is 4.31. The van der Waals surface area contributed by atoms with Crippen LogP contribution in [0.2, 0.25) is 0 Å². The predicted molar refractivity (Wildman–Crippen MR) is 95.9 cm³/mol. The molecular weight excluding hydrogens is 333 g/mol. The number of rotatable bonds is 5. The molecule has 0 aliphatic carbocycles. The van der Waals surface area contributed by atoms with E-state index in [0.29, 0.717) is 11.7 Å². The van der Waals surface area contributed by atoms with Crippen LogP contribution in [0.5, 0.6) is 0 Å². The number of nitrogens with one attached hydrogen (secondary N) is 1. The van der Waals surface area contributed by atoms with E-state index in [2.05, 4.69) is 15.5 Å². The van der Waals surface area contributed by atoms with E-state index < -0.39 is 17.8 Å². The first-order valence-corrected chi connectivity index (χ1v) is 8.41. The zero-order chi connectivity index (χ0) is 18.7. The van der Waals surface area contributed by atoms with Crippen molar-refractivity contribution in [3.05, 3.63) is 71.4 Å². The summed E-state index contributed by atoms with van der Waals surface area (Å²) in [7, 11) is 0. The number of carbonyl (C=O) groups is 1. The van der Waals surface area contributed by atoms with Gasteiger partial charge in [0.05, 0.1) is 0 Å². The van der Waals surface area contributed by atoms with Gasteiger partial charge in [-0.2, -0.15) is 4.98 Å². The molecule has 1 heterocycles. The number of aryl methyl sites for hydroxylation is 1. The average molecular weight is 353 g/mol. The molecule has 134 valence electrons. The van der Waals surface area contributed by atoms with Crippen LogP contribution in [0.3, 0.4) is 0 Å². The molecule has 1 amide bonds. The summed E-state index contributed by atoms with van der Waals surface area (Å²) in [6, 6.07) is 12.8. The first kappa shape index (κ1) is 17.8. The molecule has 0 fully saturated rings. The molecule has 0 saturated carbocycles. The third-order valence-corrected chi connectivity index (χ3v) is 4.06. The van der Waals surface area contributed by atoms with Gasteiger partial charge in [-0.15, -0.1) is 0 Å². The van der Waals surface area contributed by atoms with E-state index in [1.165, 1.54) is 18.2 Å². The van der Waals surface area contributed by atoms with Gasteiger partial charge in [-0.1, -0.05) is 54.9 Å². The van der Waals surface area contributed by atoms with Crippen LogP contribution >= 0.6 is 0 Å². The number of amides is 1. The van der Waals surface area contributed by atoms with Crippen LogP contribution in [0.4, 0.5) is 4.39 Å². The van der Waals surface area contributed by atoms with Gasteiger partial charge < -0.3 is 9.84 Å². The normalized spacial score (nSPS) is 12.2. The van der Waals surface area contributed by atoms with Crippen molar-refractivity contribution < 1.29 is 13.7 Å². The quantitative estimate of drug-likeness (QED) is 0.742. The van der Waals surface area contributed by atoms with Crippen LogP contribution in [-0.4, -0.2) is 16.0 Å². The summed E-state index contributed by atoms with van der Waals surface area (Å²) in [5.41, 5.74) is 2.22. The van der Waals surface area contributed by atoms with Crippen molar-refractivity contribution in [1.82, 2.24) is 15.5 Å². The largest absolute Gasteiger partial charge is 0.340 e. The Labute approximate surface area is 151 Å². The van der Waals surface area contributed by atoms with Crippen molar-refractivity contribution in [2.45, 2.75) is 26.8 Å². The van der Waals surface area contributed by atoms with Crippen LogP contribution in [0.1, 0.15) is 41.7 Å². The molecule has 1 atom stereocenters. The molecule has 0 radical (unpaired) electrons. The summed E-state index contributed by atoms with van der Waals surface area (Å²) in [6.45, 7) is 5.88. The van der Waals surface area contributed by atoms with E-state index in [1.807, 2.05) is 45.0 Å². The Morgan fingerprint density at radius 1 is 1.15 bits per heavy atom. The van der Waals surface area contributed by atoms with Crippen molar-refractivity contribution in [2.24, 2.45) is 5.92 Å². The molecule has 2 aromatic carbocycles. The minimum atomic E-state index is -0.475. The molecule has 6 heteroatoms. The summed E-state index contributed by atoms with van der Waals surface area (Å²) >= 11 is 0. The minimum Gasteiger partial charge on any atom is -0.340 e. The molecule has 3 aromatic rings. The van der Waals surface area contributed by atoms with Gasteiger partial charge in [0.15, 0.2) is 0 Å². The van der Waals surface area contributed by atoms with Crippen molar-refractivity contribution in [3.63, 3.8) is 0 Å². The highest BCUT2D eigenvalue weighted by Gasteiger charge is 2.25. The molecule has 0 aliphatic rings. The summed E-state index contributed by atoms with van der Waals surface area (Å²) in [6.07, 6.45) is 0. The highest BCUT2D eigenvalue weighted by Crippen LogP contribution is 2.24. The maximum absolute atomic E-state index is 13.3. The zero-order valence-corrected chi connectivity index (χ0v) is 14.9. The number of benzene rings is 2. The van der Waals surface area contributed by atoms with Crippen LogP contribution in [0.15, 0.2) is 53.1 Å². The van der Waals surface area contributed by atoms with Gasteiger partial charge in [-0.3, -0.25) is 4.79 Å². The van der Waals surface area contributed by atoms with E-state index in [4.69, 9.17) is 4.52 Å². The van der Waals surface area contributed by atoms with Gasteiger partial charge >= 0.3 is 0 Å². The lowest BCUT2D eigenvalue weighted by atomic mass is 10.0. The van der Waals surface area contributed by atoms with Gasteiger partial charge in [-0.05, 0) is 31.0 Å². The molecule has 0 bridgehead atoms. The van der Waals surface area contributed by atoms with Gasteiger partial charge in [-0.25, -0.2) is 4.39 Å². The van der Waals surface area contributed by atoms with Gasteiger partial charge in [0.2, 0.25) is 11.7 Å². The Balaban J connectivity index is 1.82. The second-order valence-electron chi connectivity index (χ2n) is 6.53. The molecule has 1 N–H and O–H groups in total. The third-order valence-electron chi connectivity index (χ3n) is 4.06. The van der Waals surface area contributed by atoms with Crippen molar-refractivity contribution >= 4 is 5.91 Å². The van der Waals surface area contributed by atoms with Crippen molar-refractivity contribution in [2.75, 3.05) is 0 Å². The third kappa shape index (κ3) is 3.96. The van der Waals surface area contributed by atoms with E-state index in [0.717, 1.165) is 11.1 Å². The van der Waals surface area contributed by atoms with Crippen molar-refractivity contribution in [1.29, 1.82) is 0 Å². The number of hydrogen-bond acceptors (Lipinski definition) is 4. The first-order chi connectivity index (χ1) is 12.4. The summed E-state index contributed by atoms with van der Waals surface area (Å²) < 4.78 is 18.7. The van der Waals surface area contributed by atoms with Crippen LogP contribution in [0.25, 0.3) is 11.4 Å². The fourth-order valence-electron chi connectivity index (χ4n) is 2.55. The van der Waals surface area contributed by atoms with Gasteiger partial charge in [0.25, 0.3) is 5.91 Å². The number of halogens is 1. The molecule has 5 nitrogen and oxygen atoms in total. The molecule has 0 aliphatic heterocycles. The smallest absolute Gasteiger partial charge is 0.252 e. The minimum absolute atomic E-state index is 0.0128. The molecular formula is C20H20FN3O2. The summed E-state index contributed by atoms with van der Waals surface area (Å²) in [5, 5.41) is 6.86. The van der Waals surface area contributed by atoms with E-state index in [-0.39, 0.29) is 11.5 Å². The second-order valence-corrected chi connectivity index (χ2v) is 6.53. The van der Waals surface area contributed by atoms with Gasteiger partial charge in [0, 0.05) is 11.1 Å². The lowest BCUT2D eigenvalue weighted by Crippen LogP contribution is -2.32. The highest BCUT2D eigenvalue weighted by atomic mass is 19.1. The Hall–Kier alpha value is -3.02. The Morgan fingerprint density at radius 3 is 2.54 bits per heavy atom. The number of aromatic nitrogens is 2.